The van der Waals surface area contributed by atoms with Gasteiger partial charge in [-0.15, -0.1) is 0 Å². The Hall–Kier alpha value is -0.130. The lowest BCUT2D eigenvalue weighted by atomic mass is 9.74. The average molecular weight is 234 g/mol. The van der Waals surface area contributed by atoms with E-state index >= 15 is 0 Å². The van der Waals surface area contributed by atoms with Crippen molar-refractivity contribution in [1.82, 2.24) is 5.32 Å². The summed E-state index contributed by atoms with van der Waals surface area (Å²) in [5, 5.41) is 8.26. The highest BCUT2D eigenvalue weighted by Crippen LogP contribution is 2.33. The van der Waals surface area contributed by atoms with Crippen molar-refractivity contribution in [3.8, 4) is 0 Å². The summed E-state index contributed by atoms with van der Waals surface area (Å²) in [5.74, 6) is 1.70. The third kappa shape index (κ3) is 4.95. The molecule has 15 heavy (non-hydrogen) atoms. The molecule has 1 fully saturated rings. The summed E-state index contributed by atoms with van der Waals surface area (Å²) in [7, 11) is -3.27. The van der Waals surface area contributed by atoms with Gasteiger partial charge in [-0.1, -0.05) is 13.8 Å². The Morgan fingerprint density at radius 2 is 2.00 bits per heavy atom. The van der Waals surface area contributed by atoms with E-state index in [9.17, 15) is 8.42 Å². The van der Waals surface area contributed by atoms with Gasteiger partial charge in [-0.25, -0.2) is 13.6 Å². The van der Waals surface area contributed by atoms with Crippen LogP contribution in [0.25, 0.3) is 0 Å². The van der Waals surface area contributed by atoms with Gasteiger partial charge in [0, 0.05) is 6.04 Å². The minimum Gasteiger partial charge on any atom is -0.314 e. The van der Waals surface area contributed by atoms with E-state index in [4.69, 9.17) is 5.14 Å². The average Bonchev–Trinajstić information content (AvgIpc) is 1.97. The number of hydrogen-bond donors (Lipinski definition) is 2. The van der Waals surface area contributed by atoms with Gasteiger partial charge < -0.3 is 5.32 Å². The van der Waals surface area contributed by atoms with Crippen LogP contribution in [0.2, 0.25) is 0 Å². The first kappa shape index (κ1) is 12.9. The topological polar surface area (TPSA) is 72.2 Å². The van der Waals surface area contributed by atoms with Crippen LogP contribution in [0.1, 0.15) is 33.1 Å². The van der Waals surface area contributed by atoms with E-state index in [2.05, 4.69) is 19.2 Å². The molecule has 4 nitrogen and oxygen atoms in total. The van der Waals surface area contributed by atoms with Crippen LogP contribution in [-0.2, 0) is 10.0 Å². The highest BCUT2D eigenvalue weighted by atomic mass is 32.2. The van der Waals surface area contributed by atoms with Crippen LogP contribution in [0.15, 0.2) is 0 Å². The Kier molecular flexibility index (Phi) is 4.55. The molecule has 0 amide bonds. The highest BCUT2D eigenvalue weighted by Gasteiger charge is 2.30. The molecule has 0 aliphatic heterocycles. The van der Waals surface area contributed by atoms with Crippen molar-refractivity contribution in [2.45, 2.75) is 39.2 Å². The maximum Gasteiger partial charge on any atom is 0.209 e. The normalized spacial score (nSPS) is 26.7. The molecule has 0 saturated heterocycles. The third-order valence-corrected chi connectivity index (χ3v) is 4.01. The van der Waals surface area contributed by atoms with Crippen molar-refractivity contribution >= 4 is 10.0 Å². The number of nitrogens with two attached hydrogens (primary N) is 1. The maximum absolute atomic E-state index is 10.7. The van der Waals surface area contributed by atoms with Gasteiger partial charge in [0.1, 0.15) is 0 Å². The maximum atomic E-state index is 10.7. The van der Waals surface area contributed by atoms with Crippen LogP contribution in [0.3, 0.4) is 0 Å². The molecule has 0 aromatic carbocycles. The van der Waals surface area contributed by atoms with Crippen molar-refractivity contribution in [2.24, 2.45) is 17.0 Å². The molecule has 0 atom stereocenters. The van der Waals surface area contributed by atoms with Gasteiger partial charge in [-0.3, -0.25) is 0 Å². The van der Waals surface area contributed by atoms with Gasteiger partial charge in [0.15, 0.2) is 0 Å². The molecule has 0 aromatic heterocycles. The van der Waals surface area contributed by atoms with Crippen molar-refractivity contribution < 1.29 is 8.42 Å². The summed E-state index contributed by atoms with van der Waals surface area (Å²) in [6.07, 6.45) is 3.07. The predicted molar refractivity (Wildman–Crippen MR) is 61.9 cm³/mol. The second-order valence-electron chi connectivity index (χ2n) is 4.85. The minimum atomic E-state index is -3.27. The Morgan fingerprint density at radius 3 is 2.47 bits per heavy atom. The Balaban J connectivity index is 2.00. The van der Waals surface area contributed by atoms with Gasteiger partial charge in [0.05, 0.1) is 5.75 Å². The summed E-state index contributed by atoms with van der Waals surface area (Å²) in [5.41, 5.74) is 0. The molecule has 0 spiro atoms. The monoisotopic (exact) mass is 234 g/mol. The molecule has 0 heterocycles. The first-order valence-corrected chi connectivity index (χ1v) is 7.34. The van der Waals surface area contributed by atoms with Gasteiger partial charge in [0.2, 0.25) is 10.0 Å². The Bertz CT molecular complexity index is 282. The van der Waals surface area contributed by atoms with E-state index in [-0.39, 0.29) is 5.75 Å². The smallest absolute Gasteiger partial charge is 0.209 e. The third-order valence-electron chi connectivity index (χ3n) is 3.16. The molecule has 5 heteroatoms. The van der Waals surface area contributed by atoms with E-state index in [1.807, 2.05) is 0 Å². The van der Waals surface area contributed by atoms with E-state index < -0.39 is 10.0 Å². The van der Waals surface area contributed by atoms with Crippen LogP contribution in [0.4, 0.5) is 0 Å². The number of hydrogen-bond acceptors (Lipinski definition) is 3. The first-order chi connectivity index (χ1) is 6.88. The fourth-order valence-corrected chi connectivity index (χ4v) is 2.50. The fourth-order valence-electron chi connectivity index (χ4n) is 1.95. The standard InChI is InChI=1S/C10H22N2O2S/c1-8(2)9-6-10(7-9)12-4-3-5-15(11,13)14/h8-10,12H,3-7H2,1-2H3,(H2,11,13,14). The van der Waals surface area contributed by atoms with Gasteiger partial charge in [0.25, 0.3) is 0 Å². The summed E-state index contributed by atoms with van der Waals surface area (Å²) in [4.78, 5) is 0. The Morgan fingerprint density at radius 1 is 1.40 bits per heavy atom. The molecule has 0 aromatic rings. The zero-order chi connectivity index (χ0) is 11.5. The van der Waals surface area contributed by atoms with Crippen molar-refractivity contribution in [2.75, 3.05) is 12.3 Å². The summed E-state index contributed by atoms with van der Waals surface area (Å²) < 4.78 is 21.3. The van der Waals surface area contributed by atoms with Crippen LogP contribution in [0, 0.1) is 11.8 Å². The first-order valence-electron chi connectivity index (χ1n) is 5.62. The molecule has 90 valence electrons. The minimum absolute atomic E-state index is 0.0837. The molecule has 0 radical (unpaired) electrons. The molecule has 1 aliphatic carbocycles. The van der Waals surface area contributed by atoms with E-state index in [0.717, 1.165) is 18.4 Å². The van der Waals surface area contributed by atoms with E-state index in [1.165, 1.54) is 12.8 Å². The molecular formula is C10H22N2O2S. The number of rotatable bonds is 6. The van der Waals surface area contributed by atoms with Gasteiger partial charge in [-0.05, 0) is 37.6 Å². The Labute approximate surface area is 92.7 Å². The lowest BCUT2D eigenvalue weighted by molar-refractivity contribution is 0.169. The molecule has 1 aliphatic rings. The van der Waals surface area contributed by atoms with Crippen molar-refractivity contribution in [3.63, 3.8) is 0 Å². The predicted octanol–water partition coefficient (Wildman–Crippen LogP) is 0.689. The zero-order valence-corrected chi connectivity index (χ0v) is 10.4. The zero-order valence-electron chi connectivity index (χ0n) is 9.57. The highest BCUT2D eigenvalue weighted by molar-refractivity contribution is 7.89. The van der Waals surface area contributed by atoms with Gasteiger partial charge >= 0.3 is 0 Å². The van der Waals surface area contributed by atoms with Crippen molar-refractivity contribution in [1.29, 1.82) is 0 Å². The van der Waals surface area contributed by atoms with Crippen LogP contribution in [0.5, 0.6) is 0 Å². The van der Waals surface area contributed by atoms with Crippen LogP contribution >= 0.6 is 0 Å². The molecule has 1 rings (SSSR count). The summed E-state index contributed by atoms with van der Waals surface area (Å²) >= 11 is 0. The largest absolute Gasteiger partial charge is 0.314 e. The molecule has 3 N–H and O–H groups in total. The van der Waals surface area contributed by atoms with Crippen LogP contribution < -0.4 is 10.5 Å². The van der Waals surface area contributed by atoms with E-state index in [0.29, 0.717) is 12.5 Å². The SMILES string of the molecule is CC(C)C1CC(NCCCS(N)(=O)=O)C1. The number of sulfonamides is 1. The summed E-state index contributed by atoms with van der Waals surface area (Å²) in [6, 6.07) is 0.595. The lowest BCUT2D eigenvalue weighted by Gasteiger charge is -2.38. The number of nitrogens with one attached hydrogen (secondary N) is 1. The molecule has 0 bridgehead atoms. The molecule has 1 saturated carbocycles. The quantitative estimate of drug-likeness (QED) is 0.664. The summed E-state index contributed by atoms with van der Waals surface area (Å²) in [6.45, 7) is 5.26. The lowest BCUT2D eigenvalue weighted by Crippen LogP contribution is -2.43. The second kappa shape index (κ2) is 5.27. The van der Waals surface area contributed by atoms with Crippen molar-refractivity contribution in [3.05, 3.63) is 0 Å². The molecular weight excluding hydrogens is 212 g/mol. The molecule has 0 unspecified atom stereocenters. The van der Waals surface area contributed by atoms with E-state index in [1.54, 1.807) is 0 Å². The van der Waals surface area contributed by atoms with Crippen LogP contribution in [-0.4, -0.2) is 26.8 Å². The second-order valence-corrected chi connectivity index (χ2v) is 6.58. The number of primary sulfonamides is 1. The van der Waals surface area contributed by atoms with Gasteiger partial charge in [-0.2, -0.15) is 0 Å². The fraction of sp³-hybridized carbons (Fsp3) is 1.00.